The third kappa shape index (κ3) is 7.41. The Kier molecular flexibility index (Phi) is 10.4. The molecule has 1 aliphatic rings. The van der Waals surface area contributed by atoms with E-state index in [9.17, 15) is 0 Å². The van der Waals surface area contributed by atoms with Gasteiger partial charge in [-0.3, -0.25) is 0 Å². The van der Waals surface area contributed by atoms with Crippen molar-refractivity contribution >= 4 is 0 Å². The fraction of sp³-hybridized carbons (Fsp3) is 0.368. The maximum Gasteiger partial charge on any atom is 0.301 e. The summed E-state index contributed by atoms with van der Waals surface area (Å²) in [5.74, 6) is -3.47. The molecule has 0 saturated carbocycles. The summed E-state index contributed by atoms with van der Waals surface area (Å²) in [6, 6.07) is 34.5. The van der Waals surface area contributed by atoms with E-state index in [0.717, 1.165) is 23.1 Å². The van der Waals surface area contributed by atoms with Gasteiger partial charge in [0.1, 0.15) is 6.10 Å². The average molecular weight is 585 g/mol. The van der Waals surface area contributed by atoms with E-state index in [4.69, 9.17) is 14.2 Å². The minimum Gasteiger partial charge on any atom is -0.370 e. The van der Waals surface area contributed by atoms with Gasteiger partial charge in [-0.2, -0.15) is 8.78 Å². The summed E-state index contributed by atoms with van der Waals surface area (Å²) >= 11 is 0. The Bertz CT molecular complexity index is 1410. The van der Waals surface area contributed by atoms with Crippen molar-refractivity contribution < 1.29 is 23.0 Å². The van der Waals surface area contributed by atoms with E-state index < -0.39 is 30.3 Å². The molecule has 5 atom stereocenters. The minimum atomic E-state index is -3.33. The van der Waals surface area contributed by atoms with Crippen molar-refractivity contribution in [2.75, 3.05) is 0 Å². The third-order valence-corrected chi connectivity index (χ3v) is 8.58. The molecule has 0 spiro atoms. The molecule has 4 aromatic carbocycles. The van der Waals surface area contributed by atoms with Gasteiger partial charge in [0.15, 0.2) is 6.10 Å². The molecule has 0 radical (unpaired) electrons. The van der Waals surface area contributed by atoms with E-state index in [1.807, 2.05) is 92.7 Å². The number of ether oxygens (including phenoxy) is 3. The Labute approximate surface area is 254 Å². The standard InChI is InChI=1S/C38H42F2O3/c1-4-28-20-22-29(23-21-28)24-32-18-12-13-19-33(32)38(39,40)37-36(42-26-31-16-10-7-11-17-31)35(27(3)34(5-2)43-37)41-25-30-14-8-6-9-15-30/h6-23,27,34-37H,4-5,24-26H2,1-3H3/t27-,34-,35+,36-,37-/m1/s1. The molecule has 1 aliphatic heterocycles. The third-order valence-electron chi connectivity index (χ3n) is 8.58. The van der Waals surface area contributed by atoms with Crippen molar-refractivity contribution in [3.05, 3.63) is 143 Å². The van der Waals surface area contributed by atoms with Crippen LogP contribution in [0.3, 0.4) is 0 Å². The molecule has 226 valence electrons. The van der Waals surface area contributed by atoms with Crippen LogP contribution in [0.2, 0.25) is 0 Å². The van der Waals surface area contributed by atoms with Crippen LogP contribution in [-0.2, 0) is 46.2 Å². The zero-order valence-electron chi connectivity index (χ0n) is 25.3. The summed E-state index contributed by atoms with van der Waals surface area (Å²) in [6.07, 6.45) is -1.58. The van der Waals surface area contributed by atoms with Gasteiger partial charge in [0.25, 0.3) is 0 Å². The van der Waals surface area contributed by atoms with Gasteiger partial charge in [0.05, 0.1) is 25.4 Å². The average Bonchev–Trinajstić information content (AvgIpc) is 3.04. The number of hydrogen-bond acceptors (Lipinski definition) is 3. The van der Waals surface area contributed by atoms with Gasteiger partial charge in [-0.25, -0.2) is 0 Å². The van der Waals surface area contributed by atoms with Crippen LogP contribution in [0.15, 0.2) is 109 Å². The Balaban J connectivity index is 1.49. The molecule has 0 amide bonds. The molecule has 3 nitrogen and oxygen atoms in total. The first-order valence-electron chi connectivity index (χ1n) is 15.4. The Morgan fingerprint density at radius 1 is 0.651 bits per heavy atom. The maximum absolute atomic E-state index is 17.0. The Morgan fingerprint density at radius 2 is 1.19 bits per heavy atom. The van der Waals surface area contributed by atoms with Gasteiger partial charge in [0, 0.05) is 11.5 Å². The molecular weight excluding hydrogens is 542 g/mol. The number of alkyl halides is 2. The number of aryl methyl sites for hydroxylation is 1. The number of halogens is 2. The monoisotopic (exact) mass is 584 g/mol. The first-order chi connectivity index (χ1) is 20.9. The number of rotatable bonds is 12. The quantitative estimate of drug-likeness (QED) is 0.166. The van der Waals surface area contributed by atoms with Gasteiger partial charge in [-0.15, -0.1) is 0 Å². The summed E-state index contributed by atoms with van der Waals surface area (Å²) in [5, 5.41) is 0. The number of hydrogen-bond donors (Lipinski definition) is 0. The van der Waals surface area contributed by atoms with E-state index in [-0.39, 0.29) is 18.1 Å². The van der Waals surface area contributed by atoms with Gasteiger partial charge in [0.2, 0.25) is 0 Å². The predicted molar refractivity (Wildman–Crippen MR) is 167 cm³/mol. The SMILES string of the molecule is CCc1ccc(Cc2ccccc2C(F)(F)[C@@H]2O[C@H](CC)[C@@H](C)[C@H](OCc3ccccc3)[C@H]2OCc2ccccc2)cc1. The molecule has 1 saturated heterocycles. The van der Waals surface area contributed by atoms with Crippen molar-refractivity contribution in [3.8, 4) is 0 Å². The lowest BCUT2D eigenvalue weighted by Gasteiger charge is -2.47. The first-order valence-corrected chi connectivity index (χ1v) is 15.4. The van der Waals surface area contributed by atoms with Crippen molar-refractivity contribution in [1.82, 2.24) is 0 Å². The molecule has 0 aromatic heterocycles. The second-order valence-electron chi connectivity index (χ2n) is 11.5. The Hall–Kier alpha value is -3.38. The molecule has 4 aromatic rings. The molecule has 5 rings (SSSR count). The highest BCUT2D eigenvalue weighted by Gasteiger charge is 2.56. The van der Waals surface area contributed by atoms with Crippen molar-refractivity contribution in [2.24, 2.45) is 5.92 Å². The zero-order chi connectivity index (χ0) is 30.2. The predicted octanol–water partition coefficient (Wildman–Crippen LogP) is 8.92. The molecule has 43 heavy (non-hydrogen) atoms. The van der Waals surface area contributed by atoms with Gasteiger partial charge < -0.3 is 14.2 Å². The van der Waals surface area contributed by atoms with Crippen LogP contribution in [0.4, 0.5) is 8.78 Å². The molecule has 0 aliphatic carbocycles. The van der Waals surface area contributed by atoms with Crippen LogP contribution in [0.1, 0.15) is 60.6 Å². The molecule has 5 heteroatoms. The fourth-order valence-electron chi connectivity index (χ4n) is 6.06. The second-order valence-corrected chi connectivity index (χ2v) is 11.5. The maximum atomic E-state index is 17.0. The van der Waals surface area contributed by atoms with E-state index in [2.05, 4.69) is 19.1 Å². The topological polar surface area (TPSA) is 27.7 Å². The fourth-order valence-corrected chi connectivity index (χ4v) is 6.06. The molecule has 0 unspecified atom stereocenters. The molecule has 1 heterocycles. The summed E-state index contributed by atoms with van der Waals surface area (Å²) in [5.41, 5.74) is 4.66. The van der Waals surface area contributed by atoms with E-state index in [0.29, 0.717) is 25.0 Å². The zero-order valence-corrected chi connectivity index (χ0v) is 25.3. The summed E-state index contributed by atoms with van der Waals surface area (Å²) in [4.78, 5) is 0. The largest absolute Gasteiger partial charge is 0.370 e. The normalized spacial score (nSPS) is 22.4. The molecule has 1 fully saturated rings. The van der Waals surface area contributed by atoms with E-state index in [1.54, 1.807) is 12.1 Å². The summed E-state index contributed by atoms with van der Waals surface area (Å²) in [6.45, 7) is 6.59. The second kappa shape index (κ2) is 14.4. The molecule has 0 N–H and O–H groups in total. The van der Waals surface area contributed by atoms with Crippen LogP contribution in [0.25, 0.3) is 0 Å². The van der Waals surface area contributed by atoms with Crippen LogP contribution >= 0.6 is 0 Å². The Morgan fingerprint density at radius 3 is 1.77 bits per heavy atom. The van der Waals surface area contributed by atoms with Gasteiger partial charge >= 0.3 is 5.92 Å². The minimum absolute atomic E-state index is 0.0286. The summed E-state index contributed by atoms with van der Waals surface area (Å²) < 4.78 is 53.2. The van der Waals surface area contributed by atoms with Crippen LogP contribution in [-0.4, -0.2) is 24.4 Å². The number of benzene rings is 4. The van der Waals surface area contributed by atoms with E-state index in [1.165, 1.54) is 11.6 Å². The molecule has 0 bridgehead atoms. The van der Waals surface area contributed by atoms with Gasteiger partial charge in [-0.1, -0.05) is 130 Å². The lowest BCUT2D eigenvalue weighted by Crippen LogP contribution is -2.60. The summed E-state index contributed by atoms with van der Waals surface area (Å²) in [7, 11) is 0. The van der Waals surface area contributed by atoms with E-state index >= 15 is 8.78 Å². The lowest BCUT2D eigenvalue weighted by molar-refractivity contribution is -0.287. The first kappa shape index (κ1) is 31.1. The van der Waals surface area contributed by atoms with Crippen molar-refractivity contribution in [3.63, 3.8) is 0 Å². The van der Waals surface area contributed by atoms with Crippen LogP contribution in [0, 0.1) is 5.92 Å². The highest BCUT2D eigenvalue weighted by molar-refractivity contribution is 5.37. The van der Waals surface area contributed by atoms with Crippen LogP contribution in [0.5, 0.6) is 0 Å². The lowest BCUT2D eigenvalue weighted by atomic mass is 9.82. The smallest absolute Gasteiger partial charge is 0.301 e. The van der Waals surface area contributed by atoms with Crippen molar-refractivity contribution in [1.29, 1.82) is 0 Å². The van der Waals surface area contributed by atoms with Crippen molar-refractivity contribution in [2.45, 2.75) is 83.6 Å². The highest BCUT2D eigenvalue weighted by Crippen LogP contribution is 2.45. The van der Waals surface area contributed by atoms with Gasteiger partial charge in [-0.05, 0) is 47.1 Å². The highest BCUT2D eigenvalue weighted by atomic mass is 19.3. The molecular formula is C38H42F2O3. The van der Waals surface area contributed by atoms with Crippen LogP contribution < -0.4 is 0 Å².